The molecule has 150 valence electrons. The molecule has 0 spiro atoms. The average Bonchev–Trinajstić information content (AvgIpc) is 3.12. The second kappa shape index (κ2) is 8.97. The van der Waals surface area contributed by atoms with Gasteiger partial charge in [0, 0.05) is 41.3 Å². The predicted molar refractivity (Wildman–Crippen MR) is 121 cm³/mol. The Morgan fingerprint density at radius 1 is 1.00 bits per heavy atom. The fraction of sp³-hybridized carbons (Fsp3) is 0.120. The maximum atomic E-state index is 13.0. The fourth-order valence-corrected chi connectivity index (χ4v) is 3.65. The van der Waals surface area contributed by atoms with E-state index in [1.807, 2.05) is 85.8 Å². The largest absolute Gasteiger partial charge is 0.352 e. The van der Waals surface area contributed by atoms with Crippen LogP contribution in [-0.4, -0.2) is 22.0 Å². The van der Waals surface area contributed by atoms with Gasteiger partial charge in [-0.1, -0.05) is 48.0 Å². The van der Waals surface area contributed by atoms with Gasteiger partial charge in [-0.05, 0) is 55.0 Å². The van der Waals surface area contributed by atoms with Crippen LogP contribution in [0.15, 0.2) is 85.1 Å². The van der Waals surface area contributed by atoms with E-state index in [0.717, 1.165) is 28.3 Å². The van der Waals surface area contributed by atoms with Crippen LogP contribution in [0.5, 0.6) is 0 Å². The van der Waals surface area contributed by atoms with Crippen LogP contribution >= 0.6 is 11.6 Å². The van der Waals surface area contributed by atoms with E-state index >= 15 is 0 Å². The normalized spacial score (nSPS) is 10.7. The molecule has 0 radical (unpaired) electrons. The lowest BCUT2D eigenvalue weighted by Gasteiger charge is -2.12. The molecule has 0 saturated heterocycles. The van der Waals surface area contributed by atoms with Gasteiger partial charge in [-0.15, -0.1) is 0 Å². The summed E-state index contributed by atoms with van der Waals surface area (Å²) in [7, 11) is 0. The number of hydrogen-bond acceptors (Lipinski definition) is 2. The van der Waals surface area contributed by atoms with Gasteiger partial charge in [0.15, 0.2) is 0 Å². The third-order valence-electron chi connectivity index (χ3n) is 5.04. The van der Waals surface area contributed by atoms with E-state index in [1.54, 1.807) is 6.20 Å². The van der Waals surface area contributed by atoms with Crippen molar-refractivity contribution in [3.8, 4) is 16.9 Å². The van der Waals surface area contributed by atoms with E-state index in [1.165, 1.54) is 0 Å². The van der Waals surface area contributed by atoms with Crippen molar-refractivity contribution in [2.75, 3.05) is 6.54 Å². The van der Waals surface area contributed by atoms with E-state index in [2.05, 4.69) is 14.9 Å². The van der Waals surface area contributed by atoms with Crippen molar-refractivity contribution in [1.29, 1.82) is 0 Å². The van der Waals surface area contributed by atoms with Crippen molar-refractivity contribution in [2.24, 2.45) is 0 Å². The third kappa shape index (κ3) is 4.29. The summed E-state index contributed by atoms with van der Waals surface area (Å²) >= 11 is 6.07. The van der Waals surface area contributed by atoms with E-state index in [-0.39, 0.29) is 5.91 Å². The quantitative estimate of drug-likeness (QED) is 0.453. The second-order valence-electron chi connectivity index (χ2n) is 7.03. The molecular weight excluding hydrogens is 394 g/mol. The van der Waals surface area contributed by atoms with Crippen molar-refractivity contribution in [3.05, 3.63) is 107 Å². The minimum atomic E-state index is -0.0895. The van der Waals surface area contributed by atoms with Crippen LogP contribution in [0.2, 0.25) is 5.02 Å². The number of amides is 1. The highest BCUT2D eigenvalue weighted by Gasteiger charge is 2.19. The predicted octanol–water partition coefficient (Wildman–Crippen LogP) is 5.47. The van der Waals surface area contributed by atoms with E-state index in [0.29, 0.717) is 23.6 Å². The van der Waals surface area contributed by atoms with Crippen molar-refractivity contribution >= 4 is 17.5 Å². The molecule has 1 N–H and O–H groups in total. The Balaban J connectivity index is 1.65. The van der Waals surface area contributed by atoms with Crippen LogP contribution in [0.25, 0.3) is 16.9 Å². The molecule has 0 aliphatic rings. The molecular formula is C25H22ClN3O. The number of carbonyl (C=O) groups excluding carboxylic acids is 1. The van der Waals surface area contributed by atoms with Crippen molar-refractivity contribution in [3.63, 3.8) is 0 Å². The van der Waals surface area contributed by atoms with Crippen LogP contribution in [0, 0.1) is 6.92 Å². The van der Waals surface area contributed by atoms with Gasteiger partial charge < -0.3 is 9.88 Å². The number of benzene rings is 2. The lowest BCUT2D eigenvalue weighted by molar-refractivity contribution is 0.0953. The SMILES string of the molecule is Cc1c(C(=O)NCCc2ccccn2)cc(-c2ccc(Cl)cc2)n1-c1ccccc1. The summed E-state index contributed by atoms with van der Waals surface area (Å²) in [5.41, 5.74) is 5.46. The topological polar surface area (TPSA) is 46.9 Å². The molecule has 0 aliphatic carbocycles. The standard InChI is InChI=1S/C25H22ClN3O/c1-18-23(25(30)28-16-14-21-7-5-6-15-27-21)17-24(19-10-12-20(26)13-11-19)29(18)22-8-3-2-4-9-22/h2-13,15,17H,14,16H2,1H3,(H,28,30). The number of hydrogen-bond donors (Lipinski definition) is 1. The summed E-state index contributed by atoms with van der Waals surface area (Å²) in [6.07, 6.45) is 2.45. The number of nitrogens with one attached hydrogen (secondary N) is 1. The Morgan fingerprint density at radius 3 is 2.43 bits per heavy atom. The molecule has 5 heteroatoms. The minimum Gasteiger partial charge on any atom is -0.352 e. The first-order valence-electron chi connectivity index (χ1n) is 9.85. The number of carbonyl (C=O) groups is 1. The zero-order valence-corrected chi connectivity index (χ0v) is 17.4. The smallest absolute Gasteiger partial charge is 0.253 e. The lowest BCUT2D eigenvalue weighted by Crippen LogP contribution is -2.26. The number of pyridine rings is 1. The molecule has 0 saturated carbocycles. The average molecular weight is 416 g/mol. The van der Waals surface area contributed by atoms with Crippen LogP contribution in [0.3, 0.4) is 0 Å². The third-order valence-corrected chi connectivity index (χ3v) is 5.29. The second-order valence-corrected chi connectivity index (χ2v) is 7.47. The molecule has 2 aromatic heterocycles. The molecule has 0 aliphatic heterocycles. The number of rotatable bonds is 6. The Labute approximate surface area is 181 Å². The van der Waals surface area contributed by atoms with Gasteiger partial charge in [0.1, 0.15) is 0 Å². The molecule has 0 bridgehead atoms. The maximum absolute atomic E-state index is 13.0. The first-order chi connectivity index (χ1) is 14.6. The van der Waals surface area contributed by atoms with Gasteiger partial charge in [0.25, 0.3) is 5.91 Å². The number of aromatic nitrogens is 2. The van der Waals surface area contributed by atoms with Crippen LogP contribution in [0.4, 0.5) is 0 Å². The van der Waals surface area contributed by atoms with Gasteiger partial charge >= 0.3 is 0 Å². The molecule has 0 atom stereocenters. The molecule has 1 amide bonds. The van der Waals surface area contributed by atoms with Gasteiger partial charge in [0.2, 0.25) is 0 Å². The fourth-order valence-electron chi connectivity index (χ4n) is 3.52. The van der Waals surface area contributed by atoms with Gasteiger partial charge in [-0.2, -0.15) is 0 Å². The molecule has 4 nitrogen and oxygen atoms in total. The van der Waals surface area contributed by atoms with Crippen LogP contribution in [0.1, 0.15) is 21.7 Å². The van der Waals surface area contributed by atoms with E-state index < -0.39 is 0 Å². The summed E-state index contributed by atoms with van der Waals surface area (Å²) in [5.74, 6) is -0.0895. The summed E-state index contributed by atoms with van der Waals surface area (Å²) < 4.78 is 2.11. The highest BCUT2D eigenvalue weighted by Crippen LogP contribution is 2.30. The summed E-state index contributed by atoms with van der Waals surface area (Å²) in [6.45, 7) is 2.50. The summed E-state index contributed by atoms with van der Waals surface area (Å²) in [5, 5.41) is 3.71. The number of halogens is 1. The minimum absolute atomic E-state index is 0.0895. The van der Waals surface area contributed by atoms with Gasteiger partial charge in [-0.25, -0.2) is 0 Å². The first-order valence-corrected chi connectivity index (χ1v) is 10.2. The molecule has 4 aromatic rings. The molecule has 0 unspecified atom stereocenters. The Kier molecular flexibility index (Phi) is 5.96. The molecule has 30 heavy (non-hydrogen) atoms. The van der Waals surface area contributed by atoms with Crippen molar-refractivity contribution in [2.45, 2.75) is 13.3 Å². The van der Waals surface area contributed by atoms with Crippen LogP contribution < -0.4 is 5.32 Å². The van der Waals surface area contributed by atoms with Gasteiger partial charge in [-0.3, -0.25) is 9.78 Å². The monoisotopic (exact) mass is 415 g/mol. The first kappa shape index (κ1) is 19.9. The lowest BCUT2D eigenvalue weighted by atomic mass is 10.1. The zero-order chi connectivity index (χ0) is 20.9. The number of para-hydroxylation sites is 1. The summed E-state index contributed by atoms with van der Waals surface area (Å²) in [6, 6.07) is 25.5. The molecule has 4 rings (SSSR count). The van der Waals surface area contributed by atoms with Crippen molar-refractivity contribution < 1.29 is 4.79 Å². The summed E-state index contributed by atoms with van der Waals surface area (Å²) in [4.78, 5) is 17.3. The highest BCUT2D eigenvalue weighted by molar-refractivity contribution is 6.30. The molecule has 2 heterocycles. The maximum Gasteiger partial charge on any atom is 0.253 e. The highest BCUT2D eigenvalue weighted by atomic mass is 35.5. The molecule has 0 fully saturated rings. The van der Waals surface area contributed by atoms with Crippen LogP contribution in [-0.2, 0) is 6.42 Å². The zero-order valence-electron chi connectivity index (χ0n) is 16.7. The van der Waals surface area contributed by atoms with Crippen molar-refractivity contribution in [1.82, 2.24) is 14.9 Å². The van der Waals surface area contributed by atoms with E-state index in [4.69, 9.17) is 11.6 Å². The molecule has 2 aromatic carbocycles. The van der Waals surface area contributed by atoms with E-state index in [9.17, 15) is 4.79 Å². The Hall–Kier alpha value is -3.37. The Morgan fingerprint density at radius 2 is 1.73 bits per heavy atom. The van der Waals surface area contributed by atoms with Gasteiger partial charge in [0.05, 0.1) is 11.3 Å². The Bertz CT molecular complexity index is 1140. The number of nitrogens with zero attached hydrogens (tertiary/aromatic N) is 2.